The lowest BCUT2D eigenvalue weighted by Gasteiger charge is -2.12. The van der Waals surface area contributed by atoms with Crippen LogP contribution in [-0.4, -0.2) is 9.55 Å². The average Bonchev–Trinajstić information content (AvgIpc) is 2.74. The van der Waals surface area contributed by atoms with Crippen LogP contribution in [0.4, 0.5) is 0 Å². The fourth-order valence-electron chi connectivity index (χ4n) is 3.18. The minimum atomic E-state index is -0.0137. The first kappa shape index (κ1) is 19.9. The van der Waals surface area contributed by atoms with E-state index in [0.717, 1.165) is 15.6 Å². The van der Waals surface area contributed by atoms with Gasteiger partial charge in [-0.25, -0.2) is 4.98 Å². The fourth-order valence-corrected chi connectivity index (χ4v) is 3.80. The summed E-state index contributed by atoms with van der Waals surface area (Å²) < 4.78 is 2.78. The highest BCUT2D eigenvalue weighted by Crippen LogP contribution is 2.16. The smallest absolute Gasteiger partial charge is 0.261 e. The van der Waals surface area contributed by atoms with Gasteiger partial charge in [-0.3, -0.25) is 9.36 Å². The van der Waals surface area contributed by atoms with Gasteiger partial charge in [0.25, 0.3) is 5.56 Å². The minimum Gasteiger partial charge on any atom is -0.292 e. The molecular weight excluding hydrogens is 495 g/mol. The van der Waals surface area contributed by atoms with Gasteiger partial charge in [-0.2, -0.15) is 0 Å². The second kappa shape index (κ2) is 8.93. The monoisotopic (exact) mass is 512 g/mol. The van der Waals surface area contributed by atoms with Gasteiger partial charge in [-0.15, -0.1) is 0 Å². The number of hydrogen-bond donors (Lipinski definition) is 0. The first-order chi connectivity index (χ1) is 14.1. The molecule has 4 aromatic rings. The molecular formula is C24H18ClIN2O. The van der Waals surface area contributed by atoms with Crippen LogP contribution < -0.4 is 5.56 Å². The van der Waals surface area contributed by atoms with E-state index in [4.69, 9.17) is 16.6 Å². The van der Waals surface area contributed by atoms with Gasteiger partial charge in [0.2, 0.25) is 0 Å². The zero-order valence-corrected chi connectivity index (χ0v) is 18.5. The number of rotatable bonds is 5. The molecule has 29 heavy (non-hydrogen) atoms. The topological polar surface area (TPSA) is 34.9 Å². The summed E-state index contributed by atoms with van der Waals surface area (Å²) in [5, 5.41) is 1.34. The molecule has 1 aromatic heterocycles. The summed E-state index contributed by atoms with van der Waals surface area (Å²) in [7, 11) is 0. The maximum atomic E-state index is 13.2. The van der Waals surface area contributed by atoms with Gasteiger partial charge in [-0.1, -0.05) is 60.1 Å². The molecule has 0 aliphatic heterocycles. The molecule has 0 fully saturated rings. The van der Waals surface area contributed by atoms with Gasteiger partial charge in [0.15, 0.2) is 0 Å². The van der Waals surface area contributed by atoms with Crippen LogP contribution in [0.25, 0.3) is 23.1 Å². The predicted octanol–water partition coefficient (Wildman–Crippen LogP) is 6.07. The van der Waals surface area contributed by atoms with Crippen molar-refractivity contribution in [2.24, 2.45) is 0 Å². The zero-order valence-electron chi connectivity index (χ0n) is 15.6. The van der Waals surface area contributed by atoms with E-state index >= 15 is 0 Å². The number of fused-ring (bicyclic) bond motifs is 1. The second-order valence-electron chi connectivity index (χ2n) is 6.71. The van der Waals surface area contributed by atoms with Crippen molar-refractivity contribution in [2.45, 2.75) is 13.0 Å². The molecule has 0 aliphatic carbocycles. The summed E-state index contributed by atoms with van der Waals surface area (Å²) in [6.07, 6.45) is 4.61. The summed E-state index contributed by atoms with van der Waals surface area (Å²) in [5.41, 5.74) is 2.89. The highest BCUT2D eigenvalue weighted by atomic mass is 127. The van der Waals surface area contributed by atoms with E-state index in [1.165, 1.54) is 5.56 Å². The molecule has 0 saturated carbocycles. The molecule has 0 saturated heterocycles. The third kappa shape index (κ3) is 4.77. The molecule has 0 amide bonds. The van der Waals surface area contributed by atoms with Gasteiger partial charge in [0.1, 0.15) is 5.82 Å². The Labute approximate surface area is 187 Å². The van der Waals surface area contributed by atoms with Crippen molar-refractivity contribution >= 4 is 57.2 Å². The highest BCUT2D eigenvalue weighted by Gasteiger charge is 2.10. The van der Waals surface area contributed by atoms with E-state index in [0.29, 0.717) is 28.3 Å². The first-order valence-electron chi connectivity index (χ1n) is 9.28. The Morgan fingerprint density at radius 1 is 0.966 bits per heavy atom. The Morgan fingerprint density at radius 3 is 2.48 bits per heavy atom. The summed E-state index contributed by atoms with van der Waals surface area (Å²) in [6, 6.07) is 23.5. The van der Waals surface area contributed by atoms with Crippen LogP contribution in [0.3, 0.4) is 0 Å². The summed E-state index contributed by atoms with van der Waals surface area (Å²) in [6.45, 7) is 0.567. The summed E-state index contributed by atoms with van der Waals surface area (Å²) >= 11 is 8.19. The van der Waals surface area contributed by atoms with Gasteiger partial charge in [-0.05, 0) is 76.5 Å². The molecule has 144 valence electrons. The lowest BCUT2D eigenvalue weighted by molar-refractivity contribution is 0.655. The normalized spacial score (nSPS) is 11.4. The summed E-state index contributed by atoms with van der Waals surface area (Å²) in [5.74, 6) is 0.648. The number of aryl methyl sites for hydroxylation is 1. The molecule has 0 unspecified atom stereocenters. The maximum Gasteiger partial charge on any atom is 0.261 e. The lowest BCUT2D eigenvalue weighted by Crippen LogP contribution is -2.25. The SMILES string of the molecule is O=c1c2cc(I)ccc2nc(C=Cc2ccc(Cl)cc2)n1CCc1ccccc1. The minimum absolute atomic E-state index is 0.0137. The largest absolute Gasteiger partial charge is 0.292 e. The zero-order chi connectivity index (χ0) is 20.2. The third-order valence-corrected chi connectivity index (χ3v) is 5.63. The number of hydrogen-bond acceptors (Lipinski definition) is 2. The first-order valence-corrected chi connectivity index (χ1v) is 10.7. The molecule has 0 aliphatic rings. The number of halogens is 2. The Morgan fingerprint density at radius 2 is 1.72 bits per heavy atom. The molecule has 0 atom stereocenters. The van der Waals surface area contributed by atoms with E-state index in [9.17, 15) is 4.79 Å². The Kier molecular flexibility index (Phi) is 6.11. The molecule has 0 radical (unpaired) electrons. The Balaban J connectivity index is 1.76. The van der Waals surface area contributed by atoms with Crippen molar-refractivity contribution in [3.8, 4) is 0 Å². The van der Waals surface area contributed by atoms with Gasteiger partial charge >= 0.3 is 0 Å². The van der Waals surface area contributed by atoms with E-state index < -0.39 is 0 Å². The number of benzene rings is 3. The molecule has 3 nitrogen and oxygen atoms in total. The molecule has 3 aromatic carbocycles. The van der Waals surface area contributed by atoms with Crippen LogP contribution >= 0.6 is 34.2 Å². The van der Waals surface area contributed by atoms with Crippen molar-refractivity contribution < 1.29 is 0 Å². The third-order valence-electron chi connectivity index (χ3n) is 4.71. The molecule has 0 N–H and O–H groups in total. The van der Waals surface area contributed by atoms with E-state index in [1.54, 1.807) is 4.57 Å². The highest BCUT2D eigenvalue weighted by molar-refractivity contribution is 14.1. The van der Waals surface area contributed by atoms with Crippen molar-refractivity contribution in [1.29, 1.82) is 0 Å². The van der Waals surface area contributed by atoms with Crippen LogP contribution in [0.15, 0.2) is 77.6 Å². The van der Waals surface area contributed by atoms with Crippen LogP contribution in [0.5, 0.6) is 0 Å². The van der Waals surface area contributed by atoms with Crippen LogP contribution in [0.1, 0.15) is 17.0 Å². The predicted molar refractivity (Wildman–Crippen MR) is 129 cm³/mol. The van der Waals surface area contributed by atoms with E-state index in [1.807, 2.05) is 72.8 Å². The molecule has 4 rings (SSSR count). The standard InChI is InChI=1S/C24H18ClIN2O/c25-19-9-6-18(7-10-19)8-13-23-27-22-12-11-20(26)16-21(22)24(29)28(23)15-14-17-4-2-1-3-5-17/h1-13,16H,14-15H2. The number of nitrogens with zero attached hydrogens (tertiary/aromatic N) is 2. The van der Waals surface area contributed by atoms with E-state index in [2.05, 4.69) is 34.7 Å². The lowest BCUT2D eigenvalue weighted by atomic mass is 10.1. The molecule has 1 heterocycles. The Bertz CT molecular complexity index is 1230. The van der Waals surface area contributed by atoms with Crippen LogP contribution in [0, 0.1) is 3.57 Å². The maximum absolute atomic E-state index is 13.2. The quantitative estimate of drug-likeness (QED) is 0.304. The number of aromatic nitrogens is 2. The fraction of sp³-hybridized carbons (Fsp3) is 0.0833. The van der Waals surface area contributed by atoms with Gasteiger partial charge < -0.3 is 0 Å². The van der Waals surface area contributed by atoms with Crippen molar-refractivity contribution in [2.75, 3.05) is 0 Å². The molecule has 5 heteroatoms. The van der Waals surface area contributed by atoms with Crippen LogP contribution in [0.2, 0.25) is 5.02 Å². The average molecular weight is 513 g/mol. The van der Waals surface area contributed by atoms with E-state index in [-0.39, 0.29) is 5.56 Å². The van der Waals surface area contributed by atoms with Crippen molar-refractivity contribution in [3.05, 3.63) is 109 Å². The van der Waals surface area contributed by atoms with Gasteiger partial charge in [0.05, 0.1) is 10.9 Å². The summed E-state index contributed by atoms with van der Waals surface area (Å²) in [4.78, 5) is 18.0. The molecule has 0 spiro atoms. The van der Waals surface area contributed by atoms with Crippen LogP contribution in [-0.2, 0) is 13.0 Å². The van der Waals surface area contributed by atoms with Crippen molar-refractivity contribution in [1.82, 2.24) is 9.55 Å². The Hall–Kier alpha value is -2.44. The van der Waals surface area contributed by atoms with Crippen molar-refractivity contribution in [3.63, 3.8) is 0 Å². The second-order valence-corrected chi connectivity index (χ2v) is 8.39. The van der Waals surface area contributed by atoms with Gasteiger partial charge in [0, 0.05) is 15.1 Å². The molecule has 0 bridgehead atoms.